The Hall–Kier alpha value is -1.10. The number of rotatable bonds is 5. The van der Waals surface area contributed by atoms with Gasteiger partial charge in [0.1, 0.15) is 5.56 Å². The van der Waals surface area contributed by atoms with Gasteiger partial charge in [0.15, 0.2) is 0 Å². The van der Waals surface area contributed by atoms with Crippen LogP contribution in [-0.2, 0) is 0 Å². The lowest BCUT2D eigenvalue weighted by Gasteiger charge is -2.26. The third-order valence-electron chi connectivity index (χ3n) is 3.78. The van der Waals surface area contributed by atoms with Crippen LogP contribution < -0.4 is 10.1 Å². The van der Waals surface area contributed by atoms with Gasteiger partial charge in [-0.05, 0) is 30.4 Å². The van der Waals surface area contributed by atoms with E-state index in [2.05, 4.69) is 26.2 Å². The largest absolute Gasteiger partial charge is 0.480 e. The van der Waals surface area contributed by atoms with Crippen molar-refractivity contribution < 1.29 is 9.53 Å². The fourth-order valence-corrected chi connectivity index (χ4v) is 3.33. The number of amides is 1. The summed E-state index contributed by atoms with van der Waals surface area (Å²) in [5.41, 5.74) is 0.707. The van der Waals surface area contributed by atoms with Gasteiger partial charge in [-0.15, -0.1) is 0 Å². The number of hydrogen-bond donors (Lipinski definition) is 1. The van der Waals surface area contributed by atoms with Crippen molar-refractivity contribution in [1.29, 1.82) is 0 Å². The number of nitrogens with one attached hydrogen (secondary N) is 1. The highest BCUT2D eigenvalue weighted by Gasteiger charge is 2.33. The topological polar surface area (TPSA) is 51.2 Å². The summed E-state index contributed by atoms with van der Waals surface area (Å²) in [7, 11) is 1.52. The second kappa shape index (κ2) is 6.37. The Labute approximate surface area is 122 Å². The molecule has 0 saturated heterocycles. The van der Waals surface area contributed by atoms with Gasteiger partial charge in [-0.25, -0.2) is 4.98 Å². The third-order valence-corrected chi connectivity index (χ3v) is 4.97. The zero-order chi connectivity index (χ0) is 13.7. The van der Waals surface area contributed by atoms with Crippen molar-refractivity contribution in [3.8, 4) is 5.88 Å². The molecule has 19 heavy (non-hydrogen) atoms. The summed E-state index contributed by atoms with van der Waals surface area (Å²) in [6.45, 7) is 0.704. The fourth-order valence-electron chi connectivity index (χ4n) is 2.57. The highest BCUT2D eigenvalue weighted by atomic mass is 79.9. The standard InChI is InChI=1S/C14H19BrN2O2/c1-19-13-11(5-4-8-16-13)12(18)17-10-14(9-15)6-2-3-7-14/h4-5,8H,2-3,6-7,9-10H2,1H3,(H,17,18). The summed E-state index contributed by atoms with van der Waals surface area (Å²) in [5, 5.41) is 3.95. The third kappa shape index (κ3) is 3.26. The monoisotopic (exact) mass is 326 g/mol. The van der Waals surface area contributed by atoms with E-state index in [0.29, 0.717) is 18.0 Å². The van der Waals surface area contributed by atoms with E-state index in [4.69, 9.17) is 4.74 Å². The minimum Gasteiger partial charge on any atom is -0.480 e. The zero-order valence-corrected chi connectivity index (χ0v) is 12.7. The van der Waals surface area contributed by atoms with Gasteiger partial charge in [0.25, 0.3) is 5.91 Å². The lowest BCUT2D eigenvalue weighted by atomic mass is 9.89. The fraction of sp³-hybridized carbons (Fsp3) is 0.571. The van der Waals surface area contributed by atoms with Gasteiger partial charge in [-0.3, -0.25) is 4.79 Å². The van der Waals surface area contributed by atoms with E-state index in [1.54, 1.807) is 18.3 Å². The number of pyridine rings is 1. The normalized spacial score (nSPS) is 17.2. The maximum atomic E-state index is 12.2. The predicted octanol–water partition coefficient (Wildman–Crippen LogP) is 2.78. The van der Waals surface area contributed by atoms with Gasteiger partial charge in [0, 0.05) is 18.1 Å². The van der Waals surface area contributed by atoms with E-state index in [1.807, 2.05) is 0 Å². The Morgan fingerprint density at radius 1 is 1.53 bits per heavy atom. The Morgan fingerprint density at radius 3 is 2.89 bits per heavy atom. The molecule has 0 radical (unpaired) electrons. The van der Waals surface area contributed by atoms with Gasteiger partial charge >= 0.3 is 0 Å². The van der Waals surface area contributed by atoms with Crippen LogP contribution in [0, 0.1) is 5.41 Å². The molecule has 4 nitrogen and oxygen atoms in total. The van der Waals surface area contributed by atoms with E-state index < -0.39 is 0 Å². The summed E-state index contributed by atoms with van der Waals surface area (Å²) >= 11 is 3.58. The number of carbonyl (C=O) groups is 1. The average Bonchev–Trinajstić information content (AvgIpc) is 2.94. The van der Waals surface area contributed by atoms with Crippen molar-refractivity contribution in [1.82, 2.24) is 10.3 Å². The van der Waals surface area contributed by atoms with Crippen LogP contribution in [-0.4, -0.2) is 29.9 Å². The van der Waals surface area contributed by atoms with Gasteiger partial charge < -0.3 is 10.1 Å². The minimum atomic E-state index is -0.114. The molecular weight excluding hydrogens is 308 g/mol. The lowest BCUT2D eigenvalue weighted by molar-refractivity contribution is 0.0931. The highest BCUT2D eigenvalue weighted by Crippen LogP contribution is 2.39. The van der Waals surface area contributed by atoms with Crippen LogP contribution in [0.25, 0.3) is 0 Å². The van der Waals surface area contributed by atoms with Crippen molar-refractivity contribution in [2.45, 2.75) is 25.7 Å². The number of methoxy groups -OCH3 is 1. The summed E-state index contributed by atoms with van der Waals surface area (Å²) < 4.78 is 5.11. The number of carbonyl (C=O) groups excluding carboxylic acids is 1. The quantitative estimate of drug-likeness (QED) is 0.846. The van der Waals surface area contributed by atoms with Crippen molar-refractivity contribution in [3.63, 3.8) is 0 Å². The van der Waals surface area contributed by atoms with Crippen LogP contribution in [0.2, 0.25) is 0 Å². The molecule has 104 valence electrons. The Balaban J connectivity index is 2.01. The highest BCUT2D eigenvalue weighted by molar-refractivity contribution is 9.09. The van der Waals surface area contributed by atoms with Crippen molar-refractivity contribution in [2.75, 3.05) is 19.0 Å². The molecular formula is C14H19BrN2O2. The molecule has 0 aliphatic heterocycles. The average molecular weight is 327 g/mol. The first-order valence-electron chi connectivity index (χ1n) is 6.54. The molecule has 1 N–H and O–H groups in total. The van der Waals surface area contributed by atoms with Crippen LogP contribution in [0.15, 0.2) is 18.3 Å². The SMILES string of the molecule is COc1ncccc1C(=O)NCC1(CBr)CCCC1. The first kappa shape index (κ1) is 14.3. The molecule has 1 fully saturated rings. The second-order valence-corrected chi connectivity index (χ2v) is 5.64. The first-order valence-corrected chi connectivity index (χ1v) is 7.66. The molecule has 1 saturated carbocycles. The molecule has 1 heterocycles. The summed E-state index contributed by atoms with van der Waals surface area (Å²) in [6.07, 6.45) is 6.45. The Morgan fingerprint density at radius 2 is 2.26 bits per heavy atom. The molecule has 1 aromatic heterocycles. The Bertz CT molecular complexity index is 445. The maximum absolute atomic E-state index is 12.2. The molecule has 0 atom stereocenters. The van der Waals surface area contributed by atoms with Crippen LogP contribution in [0.4, 0.5) is 0 Å². The van der Waals surface area contributed by atoms with Gasteiger partial charge in [-0.2, -0.15) is 0 Å². The number of hydrogen-bond acceptors (Lipinski definition) is 3. The molecule has 1 aliphatic rings. The van der Waals surface area contributed by atoms with Crippen molar-refractivity contribution in [3.05, 3.63) is 23.9 Å². The molecule has 0 unspecified atom stereocenters. The number of aromatic nitrogens is 1. The Kier molecular flexibility index (Phi) is 4.80. The van der Waals surface area contributed by atoms with Crippen molar-refractivity contribution >= 4 is 21.8 Å². The van der Waals surface area contributed by atoms with E-state index >= 15 is 0 Å². The van der Waals surface area contributed by atoms with Gasteiger partial charge in [0.2, 0.25) is 5.88 Å². The zero-order valence-electron chi connectivity index (χ0n) is 11.1. The van der Waals surface area contributed by atoms with Gasteiger partial charge in [-0.1, -0.05) is 28.8 Å². The number of alkyl halides is 1. The molecule has 5 heteroatoms. The maximum Gasteiger partial charge on any atom is 0.256 e. The van der Waals surface area contributed by atoms with Crippen LogP contribution in [0.3, 0.4) is 0 Å². The van der Waals surface area contributed by atoms with Crippen LogP contribution >= 0.6 is 15.9 Å². The number of halogens is 1. The van der Waals surface area contributed by atoms with Crippen LogP contribution in [0.1, 0.15) is 36.0 Å². The molecule has 1 aromatic rings. The van der Waals surface area contributed by atoms with Crippen LogP contribution in [0.5, 0.6) is 5.88 Å². The smallest absolute Gasteiger partial charge is 0.256 e. The van der Waals surface area contributed by atoms with Gasteiger partial charge in [0.05, 0.1) is 7.11 Å². The summed E-state index contributed by atoms with van der Waals surface area (Å²) in [4.78, 5) is 16.2. The molecule has 0 spiro atoms. The second-order valence-electron chi connectivity index (χ2n) is 5.08. The molecule has 1 aliphatic carbocycles. The summed E-state index contributed by atoms with van der Waals surface area (Å²) in [5.74, 6) is 0.261. The number of nitrogens with zero attached hydrogens (tertiary/aromatic N) is 1. The molecule has 1 amide bonds. The van der Waals surface area contributed by atoms with E-state index in [1.165, 1.54) is 32.8 Å². The summed E-state index contributed by atoms with van der Waals surface area (Å²) in [6, 6.07) is 3.48. The number of ether oxygens (including phenoxy) is 1. The van der Waals surface area contributed by atoms with Crippen molar-refractivity contribution in [2.24, 2.45) is 5.41 Å². The van der Waals surface area contributed by atoms with E-state index in [-0.39, 0.29) is 11.3 Å². The predicted molar refractivity (Wildman–Crippen MR) is 77.8 cm³/mol. The lowest BCUT2D eigenvalue weighted by Crippen LogP contribution is -2.37. The molecule has 0 bridgehead atoms. The first-order chi connectivity index (χ1) is 9.21. The molecule has 2 rings (SSSR count). The minimum absolute atomic E-state index is 0.114. The van der Waals surface area contributed by atoms with E-state index in [0.717, 1.165) is 5.33 Å². The molecule has 0 aromatic carbocycles. The van der Waals surface area contributed by atoms with E-state index in [9.17, 15) is 4.79 Å².